The van der Waals surface area contributed by atoms with Gasteiger partial charge in [0, 0.05) is 27.7 Å². The van der Waals surface area contributed by atoms with Crippen molar-refractivity contribution < 1.29 is 27.7 Å². The third-order valence-corrected chi connectivity index (χ3v) is 3.63. The van der Waals surface area contributed by atoms with E-state index in [4.69, 9.17) is 0 Å². The molecule has 0 nitrogen and oxygen atoms in total. The van der Waals surface area contributed by atoms with Crippen molar-refractivity contribution in [1.29, 1.82) is 0 Å². The van der Waals surface area contributed by atoms with Crippen molar-refractivity contribution in [2.24, 2.45) is 11.3 Å². The van der Waals surface area contributed by atoms with E-state index in [0.29, 0.717) is 5.41 Å². The first kappa shape index (κ1) is 9.76. The van der Waals surface area contributed by atoms with Crippen LogP contribution in [0.2, 0.25) is 0 Å². The van der Waals surface area contributed by atoms with Gasteiger partial charge in [0.1, 0.15) is 0 Å². The second-order valence-electron chi connectivity index (χ2n) is 4.42. The zero-order chi connectivity index (χ0) is 7.35. The largest absolute Gasteiger partial charge is 0.0735 e. The van der Waals surface area contributed by atoms with E-state index >= 15 is 0 Å². The van der Waals surface area contributed by atoms with E-state index in [9.17, 15) is 0 Å². The molecule has 1 atom stereocenters. The molecule has 0 heterocycles. The fourth-order valence-electron chi connectivity index (χ4n) is 2.61. The van der Waals surface area contributed by atoms with Gasteiger partial charge in [0.15, 0.2) is 0 Å². The third kappa shape index (κ3) is 1.22. The first-order chi connectivity index (χ1) is 4.62. The normalized spacial score (nSPS) is 32.5. The number of fused-ring (bicyclic) bond motifs is 2. The van der Waals surface area contributed by atoms with E-state index in [1.54, 1.807) is 11.1 Å². The average molecular weight is 337 g/mol. The second kappa shape index (κ2) is 2.87. The molecular formula is C10H16Hg. The number of allylic oxidation sites excluding steroid dienone is 2. The Bertz CT molecular complexity index is 201. The van der Waals surface area contributed by atoms with Crippen LogP contribution in [0.3, 0.4) is 0 Å². The molecule has 0 aromatic carbocycles. The van der Waals surface area contributed by atoms with Crippen molar-refractivity contribution in [3.05, 3.63) is 11.1 Å². The molecule has 1 heteroatoms. The van der Waals surface area contributed by atoms with Gasteiger partial charge in [-0.15, -0.1) is 0 Å². The topological polar surface area (TPSA) is 0 Å². The smallest absolute Gasteiger partial charge is 0 e. The summed E-state index contributed by atoms with van der Waals surface area (Å²) in [5.41, 5.74) is 4.04. The van der Waals surface area contributed by atoms with Crippen molar-refractivity contribution in [2.75, 3.05) is 0 Å². The molecule has 0 N–H and O–H groups in total. The predicted octanol–water partition coefficient (Wildman–Crippen LogP) is 3.14. The fourth-order valence-corrected chi connectivity index (χ4v) is 2.61. The Morgan fingerprint density at radius 1 is 1.36 bits per heavy atom. The van der Waals surface area contributed by atoms with Crippen molar-refractivity contribution in [3.63, 3.8) is 0 Å². The molecule has 0 aromatic rings. The van der Waals surface area contributed by atoms with Gasteiger partial charge in [-0.25, -0.2) is 0 Å². The maximum atomic E-state index is 2.40. The van der Waals surface area contributed by atoms with Crippen molar-refractivity contribution in [2.45, 2.75) is 40.0 Å². The molecule has 0 saturated heterocycles. The molecule has 0 radical (unpaired) electrons. The van der Waals surface area contributed by atoms with E-state index in [2.05, 4.69) is 20.8 Å². The standard InChI is InChI=1S/C10H16.Hg/c1-7-4-5-8-6-9(7)10(8,2)3;/h8H,4-6H2,1-3H3;. The maximum Gasteiger partial charge on any atom is 0 e. The Morgan fingerprint density at radius 3 is 2.27 bits per heavy atom. The molecule has 1 fully saturated rings. The summed E-state index contributed by atoms with van der Waals surface area (Å²) >= 11 is 0. The molecule has 58 valence electrons. The van der Waals surface area contributed by atoms with Gasteiger partial charge < -0.3 is 0 Å². The van der Waals surface area contributed by atoms with Crippen LogP contribution in [0.4, 0.5) is 0 Å². The summed E-state index contributed by atoms with van der Waals surface area (Å²) in [5, 5.41) is 0. The van der Waals surface area contributed by atoms with Gasteiger partial charge in [0.25, 0.3) is 0 Å². The van der Waals surface area contributed by atoms with Gasteiger partial charge in [-0.2, -0.15) is 0 Å². The molecular weight excluding hydrogens is 321 g/mol. The van der Waals surface area contributed by atoms with Crippen LogP contribution in [-0.2, 0) is 27.7 Å². The molecule has 1 unspecified atom stereocenters. The maximum absolute atomic E-state index is 2.40. The minimum atomic E-state index is 0. The minimum absolute atomic E-state index is 0. The Hall–Kier alpha value is 0.675. The molecule has 3 aliphatic rings. The Labute approximate surface area is 90.0 Å². The quantitative estimate of drug-likeness (QED) is 0.471. The van der Waals surface area contributed by atoms with E-state index in [-0.39, 0.29) is 27.7 Å². The Morgan fingerprint density at radius 2 is 2.00 bits per heavy atom. The summed E-state index contributed by atoms with van der Waals surface area (Å²) in [4.78, 5) is 0. The molecule has 0 aromatic heterocycles. The van der Waals surface area contributed by atoms with Crippen LogP contribution in [0.25, 0.3) is 0 Å². The molecule has 11 heavy (non-hydrogen) atoms. The van der Waals surface area contributed by atoms with E-state index < -0.39 is 0 Å². The van der Waals surface area contributed by atoms with Gasteiger partial charge in [0.05, 0.1) is 0 Å². The monoisotopic (exact) mass is 338 g/mol. The van der Waals surface area contributed by atoms with Crippen LogP contribution >= 0.6 is 0 Å². The van der Waals surface area contributed by atoms with Gasteiger partial charge in [-0.1, -0.05) is 25.0 Å². The van der Waals surface area contributed by atoms with Crippen LogP contribution in [-0.4, -0.2) is 0 Å². The molecule has 3 aliphatic carbocycles. The average Bonchev–Trinajstić information content (AvgIpc) is 1.87. The van der Waals surface area contributed by atoms with Crippen LogP contribution in [0.1, 0.15) is 40.0 Å². The van der Waals surface area contributed by atoms with Gasteiger partial charge in [-0.05, 0) is 37.5 Å². The number of hydrogen-bond acceptors (Lipinski definition) is 0. The van der Waals surface area contributed by atoms with Crippen LogP contribution in [0.15, 0.2) is 11.1 Å². The van der Waals surface area contributed by atoms with Crippen molar-refractivity contribution in [1.82, 2.24) is 0 Å². The Balaban J connectivity index is 0.000000605. The third-order valence-electron chi connectivity index (χ3n) is 3.63. The SMILES string of the molecule is CC1=C2CC(CC1)C2(C)C.[Hg]. The molecule has 0 aliphatic heterocycles. The molecule has 0 spiro atoms. The summed E-state index contributed by atoms with van der Waals surface area (Å²) < 4.78 is 0. The summed E-state index contributed by atoms with van der Waals surface area (Å²) in [5.74, 6) is 1.02. The summed E-state index contributed by atoms with van der Waals surface area (Å²) in [6.45, 7) is 7.12. The minimum Gasteiger partial charge on any atom is -0.0735 e. The fraction of sp³-hybridized carbons (Fsp3) is 0.800. The van der Waals surface area contributed by atoms with Gasteiger partial charge >= 0.3 is 0 Å². The van der Waals surface area contributed by atoms with Crippen LogP contribution in [0, 0.1) is 11.3 Å². The van der Waals surface area contributed by atoms with Gasteiger partial charge in [0.2, 0.25) is 0 Å². The van der Waals surface area contributed by atoms with E-state index in [1.807, 2.05) is 0 Å². The van der Waals surface area contributed by atoms with Crippen molar-refractivity contribution >= 4 is 0 Å². The molecule has 3 rings (SSSR count). The summed E-state index contributed by atoms with van der Waals surface area (Å²) in [6.07, 6.45) is 4.24. The molecule has 0 amide bonds. The van der Waals surface area contributed by atoms with Crippen LogP contribution < -0.4 is 0 Å². The molecule has 1 saturated carbocycles. The first-order valence-corrected chi connectivity index (χ1v) is 4.31. The number of hydrogen-bond donors (Lipinski definition) is 0. The molecule has 2 bridgehead atoms. The zero-order valence-electron chi connectivity index (χ0n) is 7.91. The Kier molecular flexibility index (Phi) is 2.54. The zero-order valence-corrected chi connectivity index (χ0v) is 13.4. The van der Waals surface area contributed by atoms with Crippen molar-refractivity contribution in [3.8, 4) is 0 Å². The summed E-state index contributed by atoms with van der Waals surface area (Å²) in [7, 11) is 0. The number of rotatable bonds is 0. The van der Waals surface area contributed by atoms with E-state index in [1.165, 1.54) is 19.3 Å². The predicted molar refractivity (Wildman–Crippen MR) is 43.8 cm³/mol. The second-order valence-corrected chi connectivity index (χ2v) is 4.42. The summed E-state index contributed by atoms with van der Waals surface area (Å²) in [6, 6.07) is 0. The van der Waals surface area contributed by atoms with E-state index in [0.717, 1.165) is 5.92 Å². The van der Waals surface area contributed by atoms with Gasteiger partial charge in [-0.3, -0.25) is 0 Å². The van der Waals surface area contributed by atoms with Crippen LogP contribution in [0.5, 0.6) is 0 Å². The first-order valence-electron chi connectivity index (χ1n) is 4.31.